The van der Waals surface area contributed by atoms with Crippen LogP contribution in [0, 0.1) is 5.92 Å². The van der Waals surface area contributed by atoms with E-state index in [4.69, 9.17) is 0 Å². The molecular weight excluding hydrogens is 117 g/mol. The van der Waals surface area contributed by atoms with Crippen molar-refractivity contribution in [2.75, 3.05) is 6.54 Å². The van der Waals surface area contributed by atoms with Crippen LogP contribution in [0.4, 0.5) is 4.39 Å². The molecule has 0 spiro atoms. The molecule has 0 aromatic heterocycles. The molecule has 1 nitrogen and oxygen atoms in total. The lowest BCUT2D eigenvalue weighted by Crippen LogP contribution is -2.04. The molecule has 1 rings (SSSR count). The first-order chi connectivity index (χ1) is 4.22. The fourth-order valence-corrected chi connectivity index (χ4v) is 0.863. The van der Waals surface area contributed by atoms with Gasteiger partial charge >= 0.3 is 0 Å². The summed E-state index contributed by atoms with van der Waals surface area (Å²) in [5.74, 6) is 0.0914. The molecular formula is C7H10FN. The van der Waals surface area contributed by atoms with E-state index >= 15 is 0 Å². The van der Waals surface area contributed by atoms with Gasteiger partial charge in [0.25, 0.3) is 0 Å². The van der Waals surface area contributed by atoms with Crippen LogP contribution in [0.5, 0.6) is 0 Å². The van der Waals surface area contributed by atoms with E-state index in [1.165, 1.54) is 6.08 Å². The predicted molar refractivity (Wildman–Crippen MR) is 36.3 cm³/mol. The Labute approximate surface area is 54.3 Å². The zero-order valence-corrected chi connectivity index (χ0v) is 5.69. The van der Waals surface area contributed by atoms with Crippen LogP contribution < -0.4 is 0 Å². The van der Waals surface area contributed by atoms with E-state index in [0.29, 0.717) is 12.3 Å². The lowest BCUT2D eigenvalue weighted by Gasteiger charge is -2.01. The number of halogens is 1. The summed E-state index contributed by atoms with van der Waals surface area (Å²) in [6.07, 6.45) is 1.51. The van der Waals surface area contributed by atoms with Crippen LogP contribution in [0.3, 0.4) is 0 Å². The monoisotopic (exact) mass is 127 g/mol. The van der Waals surface area contributed by atoms with Crippen LogP contribution in [-0.2, 0) is 0 Å². The normalized spacial score (nSPS) is 18.2. The second kappa shape index (κ2) is 2.29. The molecule has 0 saturated heterocycles. The fourth-order valence-electron chi connectivity index (χ4n) is 0.863. The highest BCUT2D eigenvalue weighted by Crippen LogP contribution is 2.14. The van der Waals surface area contributed by atoms with E-state index in [2.05, 4.69) is 4.99 Å². The number of aliphatic imine (C=N–C) groups is 1. The van der Waals surface area contributed by atoms with Crippen molar-refractivity contribution < 1.29 is 4.39 Å². The predicted octanol–water partition coefficient (Wildman–Crippen LogP) is 1.95. The van der Waals surface area contributed by atoms with Crippen LogP contribution in [0.2, 0.25) is 0 Å². The molecule has 2 heteroatoms. The molecule has 0 fully saturated rings. The van der Waals surface area contributed by atoms with E-state index in [-0.39, 0.29) is 11.7 Å². The van der Waals surface area contributed by atoms with Crippen molar-refractivity contribution in [2.45, 2.75) is 13.8 Å². The van der Waals surface area contributed by atoms with Crippen molar-refractivity contribution in [3.05, 3.63) is 11.9 Å². The van der Waals surface area contributed by atoms with E-state index < -0.39 is 0 Å². The Morgan fingerprint density at radius 2 is 2.33 bits per heavy atom. The van der Waals surface area contributed by atoms with Crippen molar-refractivity contribution >= 4 is 5.71 Å². The Morgan fingerprint density at radius 1 is 1.67 bits per heavy atom. The molecule has 0 unspecified atom stereocenters. The Balaban J connectivity index is 2.72. The molecule has 1 heterocycles. The van der Waals surface area contributed by atoms with Crippen molar-refractivity contribution in [1.82, 2.24) is 0 Å². The van der Waals surface area contributed by atoms with Gasteiger partial charge in [-0.15, -0.1) is 0 Å². The molecule has 1 aliphatic rings. The van der Waals surface area contributed by atoms with Gasteiger partial charge in [0, 0.05) is 0 Å². The highest BCUT2D eigenvalue weighted by molar-refractivity contribution is 6.01. The number of rotatable bonds is 1. The van der Waals surface area contributed by atoms with Gasteiger partial charge in [0.2, 0.25) is 0 Å². The summed E-state index contributed by atoms with van der Waals surface area (Å²) in [5, 5.41) is 0. The minimum Gasteiger partial charge on any atom is -0.282 e. The van der Waals surface area contributed by atoms with Crippen molar-refractivity contribution in [1.29, 1.82) is 0 Å². The van der Waals surface area contributed by atoms with Gasteiger partial charge < -0.3 is 0 Å². The van der Waals surface area contributed by atoms with Gasteiger partial charge in [-0.05, 0) is 12.0 Å². The minimum absolute atomic E-state index is 0.134. The largest absolute Gasteiger partial charge is 0.282 e. The lowest BCUT2D eigenvalue weighted by molar-refractivity contribution is 0.669. The molecule has 0 bridgehead atoms. The van der Waals surface area contributed by atoms with E-state index in [1.807, 2.05) is 13.8 Å². The topological polar surface area (TPSA) is 12.4 Å². The van der Waals surface area contributed by atoms with E-state index in [0.717, 1.165) is 0 Å². The first kappa shape index (κ1) is 6.46. The minimum atomic E-state index is -0.134. The van der Waals surface area contributed by atoms with E-state index in [1.54, 1.807) is 0 Å². The molecule has 0 aromatic rings. The maximum absolute atomic E-state index is 12.6. The Kier molecular flexibility index (Phi) is 1.65. The summed E-state index contributed by atoms with van der Waals surface area (Å²) in [5.41, 5.74) is 0.620. The quantitative estimate of drug-likeness (QED) is 0.510. The van der Waals surface area contributed by atoms with Gasteiger partial charge in [-0.3, -0.25) is 4.99 Å². The summed E-state index contributed by atoms with van der Waals surface area (Å²) < 4.78 is 12.6. The zero-order chi connectivity index (χ0) is 6.85. The standard InChI is InChI=1S/C7H10FN/c1-5(2)7-6(8)3-4-9-7/h3,5H,4H2,1-2H3. The third-order valence-electron chi connectivity index (χ3n) is 1.32. The summed E-state index contributed by atoms with van der Waals surface area (Å²) in [7, 11) is 0. The highest BCUT2D eigenvalue weighted by atomic mass is 19.1. The molecule has 0 atom stereocenters. The molecule has 0 N–H and O–H groups in total. The molecule has 9 heavy (non-hydrogen) atoms. The van der Waals surface area contributed by atoms with Gasteiger partial charge in [0.1, 0.15) is 5.83 Å². The van der Waals surface area contributed by atoms with Crippen LogP contribution >= 0.6 is 0 Å². The molecule has 0 amide bonds. The van der Waals surface area contributed by atoms with Gasteiger partial charge in [0.15, 0.2) is 0 Å². The lowest BCUT2D eigenvalue weighted by atomic mass is 10.1. The molecule has 0 saturated carbocycles. The first-order valence-electron chi connectivity index (χ1n) is 3.12. The maximum Gasteiger partial charge on any atom is 0.142 e. The molecule has 1 aliphatic heterocycles. The highest BCUT2D eigenvalue weighted by Gasteiger charge is 2.13. The molecule has 50 valence electrons. The van der Waals surface area contributed by atoms with Gasteiger partial charge in [-0.25, -0.2) is 4.39 Å². The smallest absolute Gasteiger partial charge is 0.142 e. The van der Waals surface area contributed by atoms with E-state index in [9.17, 15) is 4.39 Å². The SMILES string of the molecule is CC(C)C1=NCC=C1F. The molecule has 0 radical (unpaired) electrons. The van der Waals surface area contributed by atoms with Gasteiger partial charge in [-0.1, -0.05) is 13.8 Å². The molecule has 0 aromatic carbocycles. The average Bonchev–Trinajstić information content (AvgIpc) is 2.13. The third kappa shape index (κ3) is 1.18. The maximum atomic E-state index is 12.6. The Morgan fingerprint density at radius 3 is 2.56 bits per heavy atom. The second-order valence-electron chi connectivity index (χ2n) is 2.43. The number of hydrogen-bond donors (Lipinski definition) is 0. The van der Waals surface area contributed by atoms with Crippen molar-refractivity contribution in [3.8, 4) is 0 Å². The Hall–Kier alpha value is -0.660. The molecule has 0 aliphatic carbocycles. The van der Waals surface area contributed by atoms with Crippen molar-refractivity contribution in [2.24, 2.45) is 10.9 Å². The zero-order valence-electron chi connectivity index (χ0n) is 5.69. The summed E-state index contributed by atoms with van der Waals surface area (Å²) in [6.45, 7) is 4.41. The van der Waals surface area contributed by atoms with Crippen molar-refractivity contribution in [3.63, 3.8) is 0 Å². The van der Waals surface area contributed by atoms with Crippen LogP contribution in [0.1, 0.15) is 13.8 Å². The summed E-state index contributed by atoms with van der Waals surface area (Å²) in [6, 6.07) is 0. The second-order valence-corrected chi connectivity index (χ2v) is 2.43. The number of nitrogens with zero attached hydrogens (tertiary/aromatic N) is 1. The van der Waals surface area contributed by atoms with Crippen LogP contribution in [0.15, 0.2) is 16.9 Å². The fraction of sp³-hybridized carbons (Fsp3) is 0.571. The van der Waals surface area contributed by atoms with Gasteiger partial charge in [-0.2, -0.15) is 0 Å². The number of allylic oxidation sites excluding steroid dienone is 1. The number of hydrogen-bond acceptors (Lipinski definition) is 1. The van der Waals surface area contributed by atoms with Gasteiger partial charge in [0.05, 0.1) is 12.3 Å². The summed E-state index contributed by atoms with van der Waals surface area (Å²) in [4.78, 5) is 3.97. The first-order valence-corrected chi connectivity index (χ1v) is 3.12. The third-order valence-corrected chi connectivity index (χ3v) is 1.32. The summed E-state index contributed by atoms with van der Waals surface area (Å²) >= 11 is 0. The Bertz CT molecular complexity index is 168. The average molecular weight is 127 g/mol. The van der Waals surface area contributed by atoms with Crippen LogP contribution in [-0.4, -0.2) is 12.3 Å². The van der Waals surface area contributed by atoms with Crippen LogP contribution in [0.25, 0.3) is 0 Å².